The van der Waals surface area contributed by atoms with Crippen molar-refractivity contribution < 1.29 is 23.0 Å². The second kappa shape index (κ2) is 8.32. The Bertz CT molecular complexity index is 822. The van der Waals surface area contributed by atoms with E-state index < -0.39 is 25.4 Å². The summed E-state index contributed by atoms with van der Waals surface area (Å²) >= 11 is 0. The quantitative estimate of drug-likeness (QED) is 0.729. The predicted octanol–water partition coefficient (Wildman–Crippen LogP) is 3.11. The molecular weight excluding hydrogens is 373 g/mol. The van der Waals surface area contributed by atoms with Crippen LogP contribution in [0.5, 0.6) is 5.88 Å². The molecule has 1 N–H and O–H groups in total. The fourth-order valence-electron chi connectivity index (χ4n) is 3.33. The van der Waals surface area contributed by atoms with Crippen LogP contribution in [-0.4, -0.2) is 56.9 Å². The van der Waals surface area contributed by atoms with Crippen LogP contribution in [0.1, 0.15) is 24.3 Å². The van der Waals surface area contributed by atoms with Crippen LogP contribution in [0.15, 0.2) is 37.2 Å². The zero-order valence-corrected chi connectivity index (χ0v) is 15.6. The lowest BCUT2D eigenvalue weighted by atomic mass is 9.94. The van der Waals surface area contributed by atoms with Crippen LogP contribution in [0.2, 0.25) is 0 Å². The van der Waals surface area contributed by atoms with E-state index in [0.29, 0.717) is 18.8 Å². The van der Waals surface area contributed by atoms with E-state index in [1.807, 2.05) is 11.0 Å². The first-order valence-electron chi connectivity index (χ1n) is 9.01. The van der Waals surface area contributed by atoms with Gasteiger partial charge >= 0.3 is 6.18 Å². The molecule has 2 aromatic heterocycles. The van der Waals surface area contributed by atoms with Gasteiger partial charge in [-0.2, -0.15) is 18.3 Å². The van der Waals surface area contributed by atoms with Gasteiger partial charge < -0.3 is 9.84 Å². The van der Waals surface area contributed by atoms with E-state index in [1.165, 1.54) is 6.08 Å². The average Bonchev–Trinajstić information content (AvgIpc) is 3.29. The summed E-state index contributed by atoms with van der Waals surface area (Å²) < 4.78 is 44.0. The van der Waals surface area contributed by atoms with Crippen molar-refractivity contribution in [2.45, 2.75) is 31.2 Å². The Balaban J connectivity index is 1.84. The number of alkyl halides is 3. The molecule has 3 rings (SSSR count). The molecule has 1 saturated heterocycles. The van der Waals surface area contributed by atoms with E-state index in [-0.39, 0.29) is 11.8 Å². The fraction of sp³-hybridized carbons (Fsp3) is 0.474. The fourth-order valence-corrected chi connectivity index (χ4v) is 3.33. The maximum Gasteiger partial charge on any atom is 0.392 e. The zero-order valence-electron chi connectivity index (χ0n) is 15.6. The largest absolute Gasteiger partial charge is 0.477 e. The lowest BCUT2D eigenvalue weighted by molar-refractivity contribution is -0.139. The minimum Gasteiger partial charge on any atom is -0.477 e. The third-order valence-electron chi connectivity index (χ3n) is 4.78. The van der Waals surface area contributed by atoms with Crippen LogP contribution < -0.4 is 4.74 Å². The maximum absolute atomic E-state index is 12.4. The first kappa shape index (κ1) is 20.3. The van der Waals surface area contributed by atoms with E-state index in [2.05, 4.69) is 16.7 Å². The van der Waals surface area contributed by atoms with Gasteiger partial charge in [-0.1, -0.05) is 6.58 Å². The van der Waals surface area contributed by atoms with Gasteiger partial charge in [0, 0.05) is 50.1 Å². The molecule has 9 heteroatoms. The number of pyridine rings is 1. The smallest absolute Gasteiger partial charge is 0.392 e. The third-order valence-corrected chi connectivity index (χ3v) is 4.78. The number of rotatable bonds is 7. The van der Waals surface area contributed by atoms with Gasteiger partial charge in [0.15, 0.2) is 0 Å². The highest BCUT2D eigenvalue weighted by Gasteiger charge is 2.30. The van der Waals surface area contributed by atoms with E-state index in [1.54, 1.807) is 30.2 Å². The molecule has 0 amide bonds. The summed E-state index contributed by atoms with van der Waals surface area (Å²) in [5.74, 6) is 0.248. The molecule has 0 saturated carbocycles. The number of aryl methyl sites for hydroxylation is 1. The lowest BCUT2D eigenvalue weighted by Gasteiger charge is -2.20. The van der Waals surface area contributed by atoms with Crippen LogP contribution in [0.4, 0.5) is 13.2 Å². The van der Waals surface area contributed by atoms with Crippen molar-refractivity contribution in [3.63, 3.8) is 0 Å². The number of hydrogen-bond acceptors (Lipinski definition) is 5. The van der Waals surface area contributed by atoms with E-state index in [9.17, 15) is 18.3 Å². The molecule has 2 atom stereocenters. The van der Waals surface area contributed by atoms with Gasteiger partial charge in [0.25, 0.3) is 0 Å². The van der Waals surface area contributed by atoms with Gasteiger partial charge in [0.2, 0.25) is 5.88 Å². The highest BCUT2D eigenvalue weighted by Crippen LogP contribution is 2.36. The Morgan fingerprint density at radius 2 is 2.25 bits per heavy atom. The molecule has 2 unspecified atom stereocenters. The molecule has 0 bridgehead atoms. The second-order valence-electron chi connectivity index (χ2n) is 6.83. The van der Waals surface area contributed by atoms with Crippen LogP contribution in [0.25, 0.3) is 11.3 Å². The van der Waals surface area contributed by atoms with E-state index in [0.717, 1.165) is 17.5 Å². The van der Waals surface area contributed by atoms with Crippen molar-refractivity contribution >= 4 is 0 Å². The summed E-state index contributed by atoms with van der Waals surface area (Å²) in [5.41, 5.74) is 2.40. The molecule has 6 nitrogen and oxygen atoms in total. The molecule has 28 heavy (non-hydrogen) atoms. The van der Waals surface area contributed by atoms with Crippen molar-refractivity contribution in [1.82, 2.24) is 19.7 Å². The Morgan fingerprint density at radius 3 is 2.89 bits per heavy atom. The average molecular weight is 396 g/mol. The number of hydrogen-bond donors (Lipinski definition) is 1. The number of nitrogens with zero attached hydrogens (tertiary/aromatic N) is 4. The topological polar surface area (TPSA) is 63.4 Å². The maximum atomic E-state index is 12.4. The van der Waals surface area contributed by atoms with Crippen LogP contribution >= 0.6 is 0 Å². The summed E-state index contributed by atoms with van der Waals surface area (Å²) in [5, 5.41) is 14.4. The van der Waals surface area contributed by atoms with Crippen LogP contribution in [-0.2, 0) is 7.05 Å². The summed E-state index contributed by atoms with van der Waals surface area (Å²) in [7, 11) is 1.79. The molecule has 1 aliphatic heterocycles. The minimum atomic E-state index is -4.27. The van der Waals surface area contributed by atoms with E-state index >= 15 is 0 Å². The molecule has 3 heterocycles. The molecule has 1 aliphatic rings. The van der Waals surface area contributed by atoms with Gasteiger partial charge in [-0.3, -0.25) is 9.58 Å². The van der Waals surface area contributed by atoms with Gasteiger partial charge in [-0.15, -0.1) is 0 Å². The predicted molar refractivity (Wildman–Crippen MR) is 97.7 cm³/mol. The molecule has 1 fully saturated rings. The van der Waals surface area contributed by atoms with Crippen molar-refractivity contribution in [1.29, 1.82) is 0 Å². The van der Waals surface area contributed by atoms with Crippen molar-refractivity contribution in [3.05, 3.63) is 42.7 Å². The molecule has 0 spiro atoms. The van der Waals surface area contributed by atoms with Gasteiger partial charge in [-0.05, 0) is 24.1 Å². The number of aliphatic hydroxyl groups is 1. The molecule has 2 aromatic rings. The first-order chi connectivity index (χ1) is 13.3. The zero-order chi connectivity index (χ0) is 20.3. The highest BCUT2D eigenvalue weighted by molar-refractivity contribution is 5.65. The monoisotopic (exact) mass is 396 g/mol. The molecular formula is C19H23F3N4O2. The number of halogens is 3. The molecule has 0 aromatic carbocycles. The standard InChI is InChI=1S/C19H23F3N4O2/c1-3-18(27)26-8-4-13(12-26)15-11-23-17(28-9-6-19(20,21)22)10-14(15)16-5-7-25(2)24-16/h3,5,7,10-11,13,18,27H,1,4,6,8-9,12H2,2H3. The lowest BCUT2D eigenvalue weighted by Crippen LogP contribution is -2.31. The highest BCUT2D eigenvalue weighted by atomic mass is 19.4. The third kappa shape index (κ3) is 4.90. The van der Waals surface area contributed by atoms with E-state index in [4.69, 9.17) is 4.74 Å². The number of aromatic nitrogens is 3. The molecule has 0 radical (unpaired) electrons. The summed E-state index contributed by atoms with van der Waals surface area (Å²) in [6.07, 6.45) is -0.275. The normalized spacial score (nSPS) is 19.0. The van der Waals surface area contributed by atoms with Gasteiger partial charge in [0.05, 0.1) is 18.7 Å². The first-order valence-corrected chi connectivity index (χ1v) is 9.01. The van der Waals surface area contributed by atoms with Crippen LogP contribution in [0, 0.1) is 0 Å². The van der Waals surface area contributed by atoms with Crippen molar-refractivity contribution in [2.75, 3.05) is 19.7 Å². The van der Waals surface area contributed by atoms with Crippen molar-refractivity contribution in [2.24, 2.45) is 7.05 Å². The molecule has 0 aliphatic carbocycles. The van der Waals surface area contributed by atoms with Gasteiger partial charge in [-0.25, -0.2) is 4.98 Å². The Morgan fingerprint density at radius 1 is 1.46 bits per heavy atom. The number of ether oxygens (including phenoxy) is 1. The molecule has 152 valence electrons. The summed E-state index contributed by atoms with van der Waals surface area (Å²) in [4.78, 5) is 6.11. The SMILES string of the molecule is C=CC(O)N1CCC(c2cnc(OCCC(F)(F)F)cc2-c2ccn(C)n2)C1. The number of aliphatic hydroxyl groups excluding tert-OH is 1. The second-order valence-corrected chi connectivity index (χ2v) is 6.83. The Kier molecular flexibility index (Phi) is 6.04. The minimum absolute atomic E-state index is 0.114. The summed E-state index contributed by atoms with van der Waals surface area (Å²) in [6.45, 7) is 4.47. The Labute approximate surface area is 161 Å². The van der Waals surface area contributed by atoms with Crippen molar-refractivity contribution in [3.8, 4) is 17.1 Å². The Hall–Kier alpha value is -2.39. The van der Waals surface area contributed by atoms with Crippen LogP contribution in [0.3, 0.4) is 0 Å². The summed E-state index contributed by atoms with van der Waals surface area (Å²) in [6, 6.07) is 3.48. The number of likely N-dealkylation sites (tertiary alicyclic amines) is 1. The van der Waals surface area contributed by atoms with Gasteiger partial charge in [0.1, 0.15) is 6.23 Å².